The van der Waals surface area contributed by atoms with Gasteiger partial charge in [0.2, 0.25) is 5.91 Å². The van der Waals surface area contributed by atoms with Crippen LogP contribution in [0.5, 0.6) is 0 Å². The smallest absolute Gasteiger partial charge is 0.303 e. The number of rotatable bonds is 23. The molecule has 2 rings (SSSR count). The molecule has 44 heavy (non-hydrogen) atoms. The van der Waals surface area contributed by atoms with E-state index in [1.165, 1.54) is 49.5 Å². The second-order valence-electron chi connectivity index (χ2n) is 13.3. The van der Waals surface area contributed by atoms with Gasteiger partial charge in [-0.15, -0.1) is 0 Å². The van der Waals surface area contributed by atoms with Crippen molar-refractivity contribution < 1.29 is 29.7 Å². The van der Waals surface area contributed by atoms with Gasteiger partial charge < -0.3 is 20.2 Å². The summed E-state index contributed by atoms with van der Waals surface area (Å²) in [7, 11) is 0. The summed E-state index contributed by atoms with van der Waals surface area (Å²) in [5.74, 6) is -1.74. The predicted octanol–water partition coefficient (Wildman–Crippen LogP) is 7.74. The van der Waals surface area contributed by atoms with E-state index in [0.717, 1.165) is 70.9 Å². The van der Waals surface area contributed by atoms with Crippen LogP contribution in [0.1, 0.15) is 157 Å². The molecule has 8 nitrogen and oxygen atoms in total. The van der Waals surface area contributed by atoms with Gasteiger partial charge in [0.05, 0.1) is 24.3 Å². The van der Waals surface area contributed by atoms with Crippen molar-refractivity contribution in [2.45, 2.75) is 149 Å². The van der Waals surface area contributed by atoms with Crippen LogP contribution in [-0.2, 0) is 11.2 Å². The summed E-state index contributed by atoms with van der Waals surface area (Å²) in [5, 5.41) is 30.2. The predicted molar refractivity (Wildman–Crippen MR) is 178 cm³/mol. The fourth-order valence-corrected chi connectivity index (χ4v) is 5.91. The summed E-state index contributed by atoms with van der Waals surface area (Å²) in [6.45, 7) is 6.53. The zero-order valence-corrected chi connectivity index (χ0v) is 27.8. The second kappa shape index (κ2) is 20.6. The first-order valence-corrected chi connectivity index (χ1v) is 17.4. The molecule has 1 aromatic heterocycles. The summed E-state index contributed by atoms with van der Waals surface area (Å²) in [6.07, 6.45) is 23.1. The average Bonchev–Trinajstić information content (AvgIpc) is 3.41. The van der Waals surface area contributed by atoms with E-state index in [0.29, 0.717) is 17.8 Å². The molecule has 1 aliphatic rings. The van der Waals surface area contributed by atoms with E-state index in [9.17, 15) is 29.7 Å². The van der Waals surface area contributed by atoms with Crippen LogP contribution in [0.3, 0.4) is 0 Å². The van der Waals surface area contributed by atoms with Gasteiger partial charge in [0.15, 0.2) is 5.78 Å². The summed E-state index contributed by atoms with van der Waals surface area (Å²) in [6, 6.07) is 0. The molecule has 8 heteroatoms. The van der Waals surface area contributed by atoms with Crippen molar-refractivity contribution in [3.63, 3.8) is 0 Å². The number of hydrogen-bond donors (Lipinski definition) is 3. The highest BCUT2D eigenvalue weighted by atomic mass is 16.4. The molecule has 0 amide bonds. The number of unbranched alkanes of at least 4 members (excludes halogenated alkanes) is 11. The van der Waals surface area contributed by atoms with Gasteiger partial charge >= 0.3 is 5.97 Å². The number of aliphatic carboxylic acids is 1. The van der Waals surface area contributed by atoms with Gasteiger partial charge in [0.1, 0.15) is 6.10 Å². The van der Waals surface area contributed by atoms with Gasteiger partial charge in [0.25, 0.3) is 0 Å². The number of nitrogens with zero attached hydrogens (tertiary/aromatic N) is 2. The molecule has 1 fully saturated rings. The maximum absolute atomic E-state index is 13.8. The van der Waals surface area contributed by atoms with Crippen molar-refractivity contribution in [1.29, 1.82) is 0 Å². The Morgan fingerprint density at radius 2 is 1.43 bits per heavy atom. The standard InChI is InChI=1S/C36H60N2O6/c1-4-5-6-7-8-9-10-11-12-13-14-15-16-17-19-22-31(40)38-27-30(37-25-20-18-21-26-37)33(29(38)23-24-32(41)42)34(43)35(44)36(2,3)28-39/h11-12,27,35,39,44H,4-10,13-26,28H2,1-3H3,(H,41,42). The zero-order chi connectivity index (χ0) is 32.4. The highest BCUT2D eigenvalue weighted by Crippen LogP contribution is 2.34. The van der Waals surface area contributed by atoms with Gasteiger partial charge in [0, 0.05) is 36.8 Å². The molecule has 0 aromatic carbocycles. The molecule has 2 heterocycles. The lowest BCUT2D eigenvalue weighted by atomic mass is 9.82. The van der Waals surface area contributed by atoms with E-state index in [-0.39, 0.29) is 24.3 Å². The molecule has 0 bridgehead atoms. The Morgan fingerprint density at radius 1 is 0.864 bits per heavy atom. The summed E-state index contributed by atoms with van der Waals surface area (Å²) in [4.78, 5) is 40.9. The topological polar surface area (TPSA) is 120 Å². The molecule has 1 atom stereocenters. The van der Waals surface area contributed by atoms with Crippen LogP contribution >= 0.6 is 0 Å². The van der Waals surface area contributed by atoms with E-state index in [1.807, 2.05) is 0 Å². The van der Waals surface area contributed by atoms with Crippen LogP contribution in [0.4, 0.5) is 5.69 Å². The molecular formula is C36H60N2O6. The Morgan fingerprint density at radius 3 is 2.00 bits per heavy atom. The monoisotopic (exact) mass is 616 g/mol. The van der Waals surface area contributed by atoms with Gasteiger partial charge in [-0.05, 0) is 57.8 Å². The maximum Gasteiger partial charge on any atom is 0.303 e. The number of aromatic nitrogens is 1. The lowest BCUT2D eigenvalue weighted by molar-refractivity contribution is -0.137. The van der Waals surface area contributed by atoms with Gasteiger partial charge in [-0.1, -0.05) is 84.3 Å². The van der Waals surface area contributed by atoms with Crippen molar-refractivity contribution in [2.24, 2.45) is 5.41 Å². The molecule has 0 spiro atoms. The zero-order valence-electron chi connectivity index (χ0n) is 27.8. The Bertz CT molecular complexity index is 1040. The fraction of sp³-hybridized carbons (Fsp3) is 0.750. The number of aliphatic hydroxyl groups is 2. The quantitative estimate of drug-likeness (QED) is 0.0654. The SMILES string of the molecule is CCCCCCCCC=CCCCCCCCC(=O)n1cc(N2CCCCC2)c(C(=O)C(O)C(C)(C)CO)c1CCC(=O)O. The number of piperidine rings is 1. The number of Topliss-reactive ketones (excluding diaryl/α,β-unsaturated/α-hetero) is 1. The molecule has 1 aromatic rings. The molecule has 0 aliphatic carbocycles. The normalized spacial score (nSPS) is 14.8. The van der Waals surface area contributed by atoms with Gasteiger partial charge in [-0.3, -0.25) is 19.0 Å². The lowest BCUT2D eigenvalue weighted by Gasteiger charge is -2.31. The van der Waals surface area contributed by atoms with Crippen molar-refractivity contribution in [1.82, 2.24) is 4.57 Å². The third kappa shape index (κ3) is 12.5. The number of carboxylic acid groups (broad SMARTS) is 1. The summed E-state index contributed by atoms with van der Waals surface area (Å²) in [5.41, 5.74) is 0.0696. The highest BCUT2D eigenvalue weighted by Gasteiger charge is 2.38. The number of carbonyl (C=O) groups is 3. The number of allylic oxidation sites excluding steroid dienone is 2. The first-order valence-electron chi connectivity index (χ1n) is 17.4. The number of hydrogen-bond acceptors (Lipinski definition) is 6. The van der Waals surface area contributed by atoms with Crippen LogP contribution in [0, 0.1) is 5.41 Å². The molecule has 0 radical (unpaired) electrons. The van der Waals surface area contributed by atoms with Crippen molar-refractivity contribution in [3.05, 3.63) is 29.6 Å². The largest absolute Gasteiger partial charge is 0.481 e. The maximum atomic E-state index is 13.8. The summed E-state index contributed by atoms with van der Waals surface area (Å²) >= 11 is 0. The molecule has 1 saturated heterocycles. The number of carbonyl (C=O) groups excluding carboxylic acids is 2. The van der Waals surface area contributed by atoms with Crippen molar-refractivity contribution in [3.8, 4) is 0 Å². The third-order valence-corrected chi connectivity index (χ3v) is 8.92. The number of anilines is 1. The minimum atomic E-state index is -1.49. The second-order valence-corrected chi connectivity index (χ2v) is 13.3. The highest BCUT2D eigenvalue weighted by molar-refractivity contribution is 6.07. The van der Waals surface area contributed by atoms with Crippen LogP contribution in [0.15, 0.2) is 18.3 Å². The minimum Gasteiger partial charge on any atom is -0.481 e. The Balaban J connectivity index is 2.00. The van der Waals surface area contributed by atoms with E-state index in [2.05, 4.69) is 24.0 Å². The number of ketones is 1. The molecule has 3 N–H and O–H groups in total. The van der Waals surface area contributed by atoms with Gasteiger partial charge in [-0.25, -0.2) is 0 Å². The fourth-order valence-electron chi connectivity index (χ4n) is 5.91. The Kier molecular flexibility index (Phi) is 17.6. The molecule has 250 valence electrons. The summed E-state index contributed by atoms with van der Waals surface area (Å²) < 4.78 is 1.48. The Labute approximate surface area is 265 Å². The molecule has 1 unspecified atom stereocenters. The van der Waals surface area contributed by atoms with E-state index in [4.69, 9.17) is 0 Å². The van der Waals surface area contributed by atoms with Crippen molar-refractivity contribution in [2.75, 3.05) is 24.6 Å². The van der Waals surface area contributed by atoms with Crippen LogP contribution < -0.4 is 4.90 Å². The first-order chi connectivity index (χ1) is 21.1. The van der Waals surface area contributed by atoms with E-state index >= 15 is 0 Å². The minimum absolute atomic E-state index is 0.00857. The number of carboxylic acids is 1. The first kappa shape index (κ1) is 37.7. The third-order valence-electron chi connectivity index (χ3n) is 8.92. The lowest BCUT2D eigenvalue weighted by Crippen LogP contribution is -2.40. The molecule has 0 saturated carbocycles. The average molecular weight is 617 g/mol. The number of aliphatic hydroxyl groups excluding tert-OH is 2. The van der Waals surface area contributed by atoms with Crippen molar-refractivity contribution >= 4 is 23.3 Å². The molecule has 1 aliphatic heterocycles. The van der Waals surface area contributed by atoms with E-state index < -0.39 is 29.9 Å². The van der Waals surface area contributed by atoms with Crippen LogP contribution in [0.25, 0.3) is 0 Å². The van der Waals surface area contributed by atoms with Crippen LogP contribution in [-0.4, -0.2) is 63.3 Å². The van der Waals surface area contributed by atoms with E-state index in [1.54, 1.807) is 20.0 Å². The molecular weight excluding hydrogens is 556 g/mol. The van der Waals surface area contributed by atoms with Gasteiger partial charge in [-0.2, -0.15) is 0 Å². The Hall–Kier alpha value is -2.45. The van der Waals surface area contributed by atoms with Crippen LogP contribution in [0.2, 0.25) is 0 Å².